The molecule has 3 aromatic heterocycles. The molecule has 8 nitrogen and oxygen atoms in total. The summed E-state index contributed by atoms with van der Waals surface area (Å²) >= 11 is 1.64. The van der Waals surface area contributed by atoms with Crippen LogP contribution in [0, 0.1) is 5.92 Å². The average Bonchev–Trinajstić information content (AvgIpc) is 3.33. The Kier molecular flexibility index (Phi) is 5.36. The Bertz CT molecular complexity index is 852. The van der Waals surface area contributed by atoms with Gasteiger partial charge in [-0.1, -0.05) is 19.9 Å². The number of aromatic amines is 1. The molecule has 0 aliphatic carbocycles. The number of carbonyl (C=O) groups is 1. The van der Waals surface area contributed by atoms with E-state index in [4.69, 9.17) is 0 Å². The van der Waals surface area contributed by atoms with Gasteiger partial charge >= 0.3 is 6.03 Å². The number of aromatic nitrogens is 5. The van der Waals surface area contributed by atoms with Gasteiger partial charge in [-0.2, -0.15) is 10.2 Å². The molecule has 0 saturated heterocycles. The van der Waals surface area contributed by atoms with Crippen LogP contribution in [0.25, 0.3) is 10.6 Å². The van der Waals surface area contributed by atoms with Gasteiger partial charge in [0, 0.05) is 14.1 Å². The first kappa shape index (κ1) is 18.1. The lowest BCUT2D eigenvalue weighted by atomic mass is 10.0. The molecule has 0 aliphatic rings. The van der Waals surface area contributed by atoms with Crippen LogP contribution in [0.5, 0.6) is 0 Å². The number of hydrogen-bond donors (Lipinski definition) is 2. The summed E-state index contributed by atoms with van der Waals surface area (Å²) in [7, 11) is 3.58. The summed E-state index contributed by atoms with van der Waals surface area (Å²) in [4.78, 5) is 19.6. The Labute approximate surface area is 156 Å². The van der Waals surface area contributed by atoms with Gasteiger partial charge in [0.05, 0.1) is 23.2 Å². The van der Waals surface area contributed by atoms with Gasteiger partial charge in [-0.3, -0.25) is 9.78 Å². The topological polar surface area (TPSA) is 91.7 Å². The van der Waals surface area contributed by atoms with E-state index in [-0.39, 0.29) is 18.0 Å². The molecule has 138 valence electrons. The molecule has 2 N–H and O–H groups in total. The maximum absolute atomic E-state index is 12.6. The third kappa shape index (κ3) is 3.93. The fourth-order valence-corrected chi connectivity index (χ4v) is 3.37. The van der Waals surface area contributed by atoms with Crippen LogP contribution in [-0.2, 0) is 13.6 Å². The fourth-order valence-electron chi connectivity index (χ4n) is 2.68. The molecule has 0 bridgehead atoms. The van der Waals surface area contributed by atoms with Gasteiger partial charge in [-0.15, -0.1) is 11.3 Å². The Morgan fingerprint density at radius 3 is 2.88 bits per heavy atom. The third-order valence-corrected chi connectivity index (χ3v) is 5.02. The maximum atomic E-state index is 12.6. The molecular weight excluding hydrogens is 350 g/mol. The van der Waals surface area contributed by atoms with Crippen LogP contribution in [0.3, 0.4) is 0 Å². The van der Waals surface area contributed by atoms with E-state index >= 15 is 0 Å². The van der Waals surface area contributed by atoms with Crippen LogP contribution >= 0.6 is 11.3 Å². The molecule has 0 saturated carbocycles. The van der Waals surface area contributed by atoms with E-state index in [1.54, 1.807) is 28.0 Å². The largest absolute Gasteiger partial charge is 0.328 e. The molecule has 0 fully saturated rings. The van der Waals surface area contributed by atoms with Crippen molar-refractivity contribution in [2.45, 2.75) is 26.4 Å². The first-order chi connectivity index (χ1) is 12.5. The van der Waals surface area contributed by atoms with Crippen molar-refractivity contribution in [1.82, 2.24) is 35.2 Å². The number of nitrogens with zero attached hydrogens (tertiary/aromatic N) is 5. The van der Waals surface area contributed by atoms with Crippen molar-refractivity contribution in [2.75, 3.05) is 7.05 Å². The van der Waals surface area contributed by atoms with Crippen molar-refractivity contribution in [3.63, 3.8) is 0 Å². The second-order valence-electron chi connectivity index (χ2n) is 6.52. The summed E-state index contributed by atoms with van der Waals surface area (Å²) in [6, 6.07) is 5.61. The van der Waals surface area contributed by atoms with Crippen LogP contribution in [0.4, 0.5) is 4.79 Å². The number of carbonyl (C=O) groups excluding carboxylic acids is 1. The summed E-state index contributed by atoms with van der Waals surface area (Å²) < 4.78 is 1.69. The monoisotopic (exact) mass is 373 g/mol. The maximum Gasteiger partial charge on any atom is 0.318 e. The highest BCUT2D eigenvalue weighted by Gasteiger charge is 2.24. The summed E-state index contributed by atoms with van der Waals surface area (Å²) in [6.45, 7) is 4.53. The Hall–Kier alpha value is -2.68. The first-order valence-corrected chi connectivity index (χ1v) is 9.27. The number of rotatable bonds is 6. The molecule has 0 spiro atoms. The Morgan fingerprint density at radius 2 is 2.27 bits per heavy atom. The second-order valence-corrected chi connectivity index (χ2v) is 7.47. The fraction of sp³-hybridized carbons (Fsp3) is 0.412. The second kappa shape index (κ2) is 7.69. The zero-order valence-corrected chi connectivity index (χ0v) is 16.1. The van der Waals surface area contributed by atoms with Crippen molar-refractivity contribution in [2.24, 2.45) is 13.0 Å². The van der Waals surface area contributed by atoms with Gasteiger partial charge in [0.15, 0.2) is 0 Å². The summed E-state index contributed by atoms with van der Waals surface area (Å²) in [5, 5.41) is 16.5. The van der Waals surface area contributed by atoms with Gasteiger partial charge < -0.3 is 10.2 Å². The Balaban J connectivity index is 1.65. The zero-order chi connectivity index (χ0) is 18.7. The molecule has 0 radical (unpaired) electrons. The van der Waals surface area contributed by atoms with Crippen molar-refractivity contribution in [1.29, 1.82) is 0 Å². The van der Waals surface area contributed by atoms with Gasteiger partial charge in [0.1, 0.15) is 17.8 Å². The molecule has 0 aliphatic heterocycles. The highest BCUT2D eigenvalue weighted by molar-refractivity contribution is 7.13. The summed E-state index contributed by atoms with van der Waals surface area (Å²) in [5.74, 6) is 0.927. The lowest BCUT2D eigenvalue weighted by Gasteiger charge is -2.25. The van der Waals surface area contributed by atoms with Gasteiger partial charge in [0.25, 0.3) is 0 Å². The predicted molar refractivity (Wildman–Crippen MR) is 100 cm³/mol. The normalized spacial score (nSPS) is 12.3. The van der Waals surface area contributed by atoms with Crippen LogP contribution in [-0.4, -0.2) is 42.9 Å². The van der Waals surface area contributed by atoms with E-state index in [1.165, 1.54) is 6.33 Å². The van der Waals surface area contributed by atoms with Crippen molar-refractivity contribution in [3.05, 3.63) is 41.4 Å². The minimum Gasteiger partial charge on any atom is -0.328 e. The van der Waals surface area contributed by atoms with Gasteiger partial charge in [-0.25, -0.2) is 9.78 Å². The molecule has 9 heteroatoms. The van der Waals surface area contributed by atoms with Crippen LogP contribution in [0.1, 0.15) is 31.4 Å². The smallest absolute Gasteiger partial charge is 0.318 e. The van der Waals surface area contributed by atoms with E-state index in [1.807, 2.05) is 44.5 Å². The molecular formula is C17H23N7OS. The number of nitrogens with one attached hydrogen (secondary N) is 2. The summed E-state index contributed by atoms with van der Waals surface area (Å²) in [6.07, 6.45) is 1.50. The third-order valence-electron chi connectivity index (χ3n) is 4.13. The first-order valence-electron chi connectivity index (χ1n) is 8.39. The van der Waals surface area contributed by atoms with Gasteiger partial charge in [-0.05, 0) is 23.4 Å². The predicted octanol–water partition coefficient (Wildman–Crippen LogP) is 2.81. The highest BCUT2D eigenvalue weighted by atomic mass is 32.1. The molecule has 0 aromatic carbocycles. The Morgan fingerprint density at radius 1 is 1.46 bits per heavy atom. The molecule has 3 rings (SSSR count). The van der Waals surface area contributed by atoms with E-state index < -0.39 is 0 Å². The minimum absolute atomic E-state index is 0.168. The number of amides is 2. The molecule has 1 atom stereocenters. The van der Waals surface area contributed by atoms with Crippen molar-refractivity contribution in [3.8, 4) is 10.6 Å². The number of hydrogen-bond acceptors (Lipinski definition) is 5. The molecule has 26 heavy (non-hydrogen) atoms. The molecule has 3 aromatic rings. The minimum atomic E-state index is -0.208. The summed E-state index contributed by atoms with van der Waals surface area (Å²) in [5.41, 5.74) is 1.77. The molecule has 2 amide bonds. The van der Waals surface area contributed by atoms with Crippen molar-refractivity contribution >= 4 is 17.4 Å². The highest BCUT2D eigenvalue weighted by Crippen LogP contribution is 2.23. The standard InChI is InChI=1S/C17H23N7OS/c1-11(2)15(16-18-10-19-24(16)4)20-17(25)23(3)9-12-8-13(22-21-12)14-6-5-7-26-14/h5-8,10-11,15H,9H2,1-4H3,(H,20,25)(H,21,22)/t15-/m1/s1. The SMILES string of the molecule is CC(C)[C@@H](NC(=O)N(C)Cc1cc(-c2cccs2)n[nH]1)c1ncnn1C. The van der Waals surface area contributed by atoms with E-state index in [9.17, 15) is 4.79 Å². The number of thiophene rings is 1. The lowest BCUT2D eigenvalue weighted by molar-refractivity contribution is 0.197. The average molecular weight is 373 g/mol. The van der Waals surface area contributed by atoms with Crippen molar-refractivity contribution < 1.29 is 4.79 Å². The number of urea groups is 1. The van der Waals surface area contributed by atoms with Crippen LogP contribution < -0.4 is 5.32 Å². The quantitative estimate of drug-likeness (QED) is 0.695. The van der Waals surface area contributed by atoms with E-state index in [2.05, 4.69) is 25.6 Å². The zero-order valence-electron chi connectivity index (χ0n) is 15.3. The number of aryl methyl sites for hydroxylation is 1. The number of H-pyrrole nitrogens is 1. The van der Waals surface area contributed by atoms with Crippen LogP contribution in [0.15, 0.2) is 29.9 Å². The van der Waals surface area contributed by atoms with E-state index in [0.29, 0.717) is 6.54 Å². The molecule has 0 unspecified atom stereocenters. The van der Waals surface area contributed by atoms with Gasteiger partial charge in [0.2, 0.25) is 0 Å². The van der Waals surface area contributed by atoms with E-state index in [0.717, 1.165) is 22.1 Å². The van der Waals surface area contributed by atoms with Crippen LogP contribution in [0.2, 0.25) is 0 Å². The molecule has 3 heterocycles. The lowest BCUT2D eigenvalue weighted by Crippen LogP contribution is -2.41.